The summed E-state index contributed by atoms with van der Waals surface area (Å²) in [5.41, 5.74) is 0. The van der Waals surface area contributed by atoms with Gasteiger partial charge in [0.15, 0.2) is 12.2 Å². The second-order valence-corrected chi connectivity index (χ2v) is 4.34. The van der Waals surface area contributed by atoms with Gasteiger partial charge in [-0.05, 0) is 13.3 Å². The molecule has 0 aromatic carbocycles. The van der Waals surface area contributed by atoms with Crippen LogP contribution in [0.3, 0.4) is 0 Å². The van der Waals surface area contributed by atoms with E-state index in [2.05, 4.69) is 11.7 Å². The van der Waals surface area contributed by atoms with Crippen molar-refractivity contribution in [3.05, 3.63) is 0 Å². The zero-order chi connectivity index (χ0) is 14.7. The molecule has 2 atom stereocenters. The summed E-state index contributed by atoms with van der Waals surface area (Å²) in [6.45, 7) is 3.01. The van der Waals surface area contributed by atoms with Crippen molar-refractivity contribution in [3.63, 3.8) is 0 Å². The Morgan fingerprint density at radius 1 is 1.16 bits per heavy atom. The van der Waals surface area contributed by atoms with Gasteiger partial charge >= 0.3 is 11.9 Å². The van der Waals surface area contributed by atoms with Gasteiger partial charge in [-0.2, -0.15) is 0 Å². The van der Waals surface area contributed by atoms with Gasteiger partial charge in [-0.15, -0.1) is 0 Å². The summed E-state index contributed by atoms with van der Waals surface area (Å²) in [7, 11) is 0. The second-order valence-electron chi connectivity index (χ2n) is 4.34. The molecule has 0 saturated carbocycles. The maximum atomic E-state index is 11.5. The normalized spacial score (nSPS) is 13.7. The lowest BCUT2D eigenvalue weighted by molar-refractivity contribution is -0.172. The lowest BCUT2D eigenvalue weighted by atomic mass is 10.1. The van der Waals surface area contributed by atoms with Crippen LogP contribution in [0.5, 0.6) is 0 Å². The smallest absolute Gasteiger partial charge is 0.347 e. The highest BCUT2D eigenvalue weighted by Gasteiger charge is 2.23. The van der Waals surface area contributed by atoms with E-state index in [4.69, 9.17) is 9.84 Å². The molecule has 0 aliphatic carbocycles. The molecule has 0 heterocycles. The van der Waals surface area contributed by atoms with Crippen molar-refractivity contribution < 1.29 is 29.3 Å². The average Bonchev–Trinajstić information content (AvgIpc) is 2.40. The molecule has 0 saturated heterocycles. The first-order chi connectivity index (χ1) is 9.02. The van der Waals surface area contributed by atoms with Crippen LogP contribution in [-0.4, -0.2) is 47.6 Å². The van der Waals surface area contributed by atoms with Crippen LogP contribution in [0.4, 0.5) is 0 Å². The van der Waals surface area contributed by atoms with E-state index in [0.717, 1.165) is 25.7 Å². The second kappa shape index (κ2) is 10.8. The van der Waals surface area contributed by atoms with E-state index in [-0.39, 0.29) is 13.2 Å². The number of esters is 2. The van der Waals surface area contributed by atoms with E-state index in [1.54, 1.807) is 0 Å². The molecule has 0 spiro atoms. The van der Waals surface area contributed by atoms with Crippen molar-refractivity contribution >= 4 is 11.9 Å². The fourth-order valence-electron chi connectivity index (χ4n) is 1.45. The zero-order valence-corrected chi connectivity index (χ0v) is 11.6. The van der Waals surface area contributed by atoms with Crippen LogP contribution in [0.2, 0.25) is 0 Å². The minimum atomic E-state index is -1.20. The monoisotopic (exact) mass is 276 g/mol. The molecular weight excluding hydrogens is 252 g/mol. The van der Waals surface area contributed by atoms with Crippen molar-refractivity contribution in [3.8, 4) is 0 Å². The first kappa shape index (κ1) is 17.9. The van der Waals surface area contributed by atoms with E-state index in [1.165, 1.54) is 6.92 Å². The summed E-state index contributed by atoms with van der Waals surface area (Å²) in [6.07, 6.45) is 1.88. The minimum Gasteiger partial charge on any atom is -0.461 e. The number of carbonyl (C=O) groups is 2. The molecule has 0 aromatic rings. The van der Waals surface area contributed by atoms with Crippen LogP contribution in [-0.2, 0) is 19.1 Å². The van der Waals surface area contributed by atoms with Gasteiger partial charge in [-0.25, -0.2) is 9.59 Å². The van der Waals surface area contributed by atoms with Gasteiger partial charge in [0.2, 0.25) is 0 Å². The van der Waals surface area contributed by atoms with Crippen molar-refractivity contribution in [2.24, 2.45) is 0 Å². The Kier molecular flexibility index (Phi) is 10.1. The van der Waals surface area contributed by atoms with Gasteiger partial charge in [0.05, 0.1) is 6.61 Å². The summed E-state index contributed by atoms with van der Waals surface area (Å²) in [5.74, 6) is -1.55. The fourth-order valence-corrected chi connectivity index (χ4v) is 1.45. The molecule has 19 heavy (non-hydrogen) atoms. The van der Waals surface area contributed by atoms with E-state index < -0.39 is 24.1 Å². The lowest BCUT2D eigenvalue weighted by Crippen LogP contribution is -2.32. The number of hydrogen-bond acceptors (Lipinski definition) is 6. The Hall–Kier alpha value is -1.14. The average molecular weight is 276 g/mol. The van der Waals surface area contributed by atoms with Crippen LogP contribution in [0, 0.1) is 0 Å². The molecule has 0 fully saturated rings. The molecule has 0 radical (unpaired) electrons. The van der Waals surface area contributed by atoms with E-state index >= 15 is 0 Å². The molecule has 2 unspecified atom stereocenters. The number of rotatable bonds is 10. The molecule has 6 nitrogen and oxygen atoms in total. The largest absolute Gasteiger partial charge is 0.461 e. The molecule has 6 heteroatoms. The third kappa shape index (κ3) is 8.56. The van der Waals surface area contributed by atoms with Crippen LogP contribution in [0.15, 0.2) is 0 Å². The van der Waals surface area contributed by atoms with Crippen LogP contribution in [0.25, 0.3) is 0 Å². The first-order valence-electron chi connectivity index (χ1n) is 6.69. The fraction of sp³-hybridized carbons (Fsp3) is 0.846. The van der Waals surface area contributed by atoms with E-state index in [0.29, 0.717) is 6.42 Å². The summed E-state index contributed by atoms with van der Waals surface area (Å²) in [4.78, 5) is 22.7. The molecule has 112 valence electrons. The maximum absolute atomic E-state index is 11.5. The Labute approximate surface area is 113 Å². The van der Waals surface area contributed by atoms with E-state index in [1.807, 2.05) is 0 Å². The van der Waals surface area contributed by atoms with Crippen molar-refractivity contribution in [1.82, 2.24) is 0 Å². The van der Waals surface area contributed by atoms with Gasteiger partial charge < -0.3 is 19.7 Å². The van der Waals surface area contributed by atoms with Gasteiger partial charge in [0.25, 0.3) is 0 Å². The molecule has 0 aliphatic rings. The number of carbonyl (C=O) groups excluding carboxylic acids is 2. The predicted octanol–water partition coefficient (Wildman–Crippen LogP) is 0.785. The predicted molar refractivity (Wildman–Crippen MR) is 68.4 cm³/mol. The van der Waals surface area contributed by atoms with Crippen molar-refractivity contribution in [2.45, 2.75) is 58.2 Å². The lowest BCUT2D eigenvalue weighted by Gasteiger charge is -2.15. The van der Waals surface area contributed by atoms with Crippen molar-refractivity contribution in [2.75, 3.05) is 13.2 Å². The van der Waals surface area contributed by atoms with E-state index in [9.17, 15) is 14.7 Å². The third-order valence-corrected chi connectivity index (χ3v) is 2.56. The van der Waals surface area contributed by atoms with Crippen LogP contribution < -0.4 is 0 Å². The molecule has 0 bridgehead atoms. The number of unbranched alkanes of at least 4 members (excludes halogenated alkanes) is 3. The van der Waals surface area contributed by atoms with Gasteiger partial charge in [0.1, 0.15) is 6.61 Å². The Bertz CT molecular complexity index is 266. The summed E-state index contributed by atoms with van der Waals surface area (Å²) in [5, 5.41) is 18.0. The Balaban J connectivity index is 3.90. The van der Waals surface area contributed by atoms with Gasteiger partial charge in [-0.1, -0.05) is 32.6 Å². The maximum Gasteiger partial charge on any atom is 0.347 e. The topological polar surface area (TPSA) is 93.1 Å². The first-order valence-corrected chi connectivity index (χ1v) is 6.69. The summed E-state index contributed by atoms with van der Waals surface area (Å²) >= 11 is 0. The Morgan fingerprint density at radius 3 is 2.42 bits per heavy atom. The highest BCUT2D eigenvalue weighted by molar-refractivity contribution is 5.80. The zero-order valence-electron chi connectivity index (χ0n) is 11.6. The van der Waals surface area contributed by atoms with Crippen LogP contribution >= 0.6 is 0 Å². The highest BCUT2D eigenvalue weighted by Crippen LogP contribution is 2.08. The molecule has 0 rings (SSSR count). The highest BCUT2D eigenvalue weighted by atomic mass is 16.6. The molecular formula is C13H24O6. The molecule has 2 N–H and O–H groups in total. The van der Waals surface area contributed by atoms with Crippen LogP contribution in [0.1, 0.15) is 46.0 Å². The Morgan fingerprint density at radius 2 is 1.84 bits per heavy atom. The number of aliphatic hydroxyl groups is 2. The standard InChI is InChI=1S/C13H24O6/c1-3-4-5-6-7-11(15)13(17)19-10(2)12(16)18-9-8-14/h10-11,14-15H,3-9H2,1-2H3. The molecule has 0 aromatic heterocycles. The quantitative estimate of drug-likeness (QED) is 0.452. The number of aliphatic hydroxyl groups excluding tert-OH is 2. The van der Waals surface area contributed by atoms with Gasteiger partial charge in [0, 0.05) is 0 Å². The summed E-state index contributed by atoms with van der Waals surface area (Å²) in [6, 6.07) is 0. The van der Waals surface area contributed by atoms with Gasteiger partial charge in [-0.3, -0.25) is 0 Å². The SMILES string of the molecule is CCCCCCC(O)C(=O)OC(C)C(=O)OCCO. The molecule has 0 amide bonds. The molecule has 0 aliphatic heterocycles. The number of ether oxygens (including phenoxy) is 2. The summed E-state index contributed by atoms with van der Waals surface area (Å²) < 4.78 is 9.38. The minimum absolute atomic E-state index is 0.139. The number of hydrogen-bond donors (Lipinski definition) is 2. The van der Waals surface area contributed by atoms with Crippen molar-refractivity contribution in [1.29, 1.82) is 0 Å². The third-order valence-electron chi connectivity index (χ3n) is 2.56.